The van der Waals surface area contributed by atoms with Crippen LogP contribution in [0, 0.1) is 5.92 Å². The zero-order chi connectivity index (χ0) is 28.9. The molecule has 0 bridgehead atoms. The lowest BCUT2D eigenvalue weighted by Crippen LogP contribution is -2.52. The molecule has 1 atom stereocenters. The van der Waals surface area contributed by atoms with E-state index >= 15 is 0 Å². The van der Waals surface area contributed by atoms with E-state index in [9.17, 15) is 18.4 Å². The number of nitrogen functional groups attached to an aromatic ring is 1. The fourth-order valence-electron chi connectivity index (χ4n) is 5.18. The number of aromatic nitrogens is 5. The summed E-state index contributed by atoms with van der Waals surface area (Å²) in [5, 5.41) is 3.23. The summed E-state index contributed by atoms with van der Waals surface area (Å²) < 4.78 is 33.1. The van der Waals surface area contributed by atoms with Crippen molar-refractivity contribution in [1.82, 2.24) is 40.0 Å². The Kier molecular flexibility index (Phi) is 10.6. The average molecular weight is 612 g/mol. The third kappa shape index (κ3) is 7.28. The number of piperazine rings is 1. The van der Waals surface area contributed by atoms with Crippen LogP contribution in [0.15, 0.2) is 6.20 Å². The Bertz CT molecular complexity index is 1240. The van der Waals surface area contributed by atoms with Crippen molar-refractivity contribution in [3.8, 4) is 11.4 Å². The first kappa shape index (κ1) is 31.4. The molecule has 5 rings (SSSR count). The average Bonchev–Trinajstić information content (AvgIpc) is 3.01. The summed E-state index contributed by atoms with van der Waals surface area (Å²) in [6, 6.07) is 0. The molecule has 0 aliphatic carbocycles. The van der Waals surface area contributed by atoms with Crippen molar-refractivity contribution in [2.24, 2.45) is 5.92 Å². The number of piperidine rings is 1. The van der Waals surface area contributed by atoms with Crippen molar-refractivity contribution in [1.29, 1.82) is 0 Å². The van der Waals surface area contributed by atoms with Crippen LogP contribution in [0.2, 0.25) is 0 Å². The van der Waals surface area contributed by atoms with Crippen LogP contribution < -0.4 is 20.9 Å². The van der Waals surface area contributed by atoms with E-state index in [0.29, 0.717) is 70.9 Å². The molecule has 3 aliphatic heterocycles. The van der Waals surface area contributed by atoms with Gasteiger partial charge >= 0.3 is 0 Å². The highest BCUT2D eigenvalue weighted by molar-refractivity contribution is 5.86. The number of anilines is 3. The molecular formula is C25H36ClF2N11O3. The predicted molar refractivity (Wildman–Crippen MR) is 153 cm³/mol. The normalized spacial score (nSPS) is 19.4. The number of rotatable bonds is 7. The quantitative estimate of drug-likeness (QED) is 0.439. The molecule has 1 unspecified atom stereocenters. The summed E-state index contributed by atoms with van der Waals surface area (Å²) in [6.45, 7) is 5.23. The second-order valence-corrected chi connectivity index (χ2v) is 10.3. The van der Waals surface area contributed by atoms with E-state index in [4.69, 9.17) is 10.5 Å². The van der Waals surface area contributed by atoms with E-state index in [2.05, 4.69) is 30.2 Å². The number of nitrogens with two attached hydrogens (primary N) is 1. The maximum atomic E-state index is 13.8. The van der Waals surface area contributed by atoms with Gasteiger partial charge in [0.25, 0.3) is 6.43 Å². The number of amides is 2. The van der Waals surface area contributed by atoms with Crippen molar-refractivity contribution >= 4 is 42.1 Å². The summed E-state index contributed by atoms with van der Waals surface area (Å²) in [5.74, 6) is 0.133. The van der Waals surface area contributed by atoms with Gasteiger partial charge in [0.15, 0.2) is 5.82 Å². The van der Waals surface area contributed by atoms with Crippen molar-refractivity contribution in [2.75, 3.05) is 94.7 Å². The van der Waals surface area contributed by atoms with Crippen molar-refractivity contribution in [2.45, 2.75) is 19.3 Å². The summed E-state index contributed by atoms with van der Waals surface area (Å²) in [5.41, 5.74) is 4.98. The molecule has 3 N–H and O–H groups in total. The maximum absolute atomic E-state index is 13.8. The van der Waals surface area contributed by atoms with Crippen LogP contribution >= 0.6 is 12.4 Å². The summed E-state index contributed by atoms with van der Waals surface area (Å²) in [7, 11) is 1.67. The SMILES string of the molecule is CN(CC(=O)N1CCN(c2nc(-c3cnc(N)nc3C(F)F)nc(N3CCOCC3)n2)CC1)C(=O)C1CCCNC1.Cl. The minimum Gasteiger partial charge on any atom is -0.378 e. The Labute approximate surface area is 248 Å². The van der Waals surface area contributed by atoms with E-state index < -0.39 is 12.1 Å². The lowest BCUT2D eigenvalue weighted by atomic mass is 9.98. The van der Waals surface area contributed by atoms with Crippen LogP contribution in [0.25, 0.3) is 11.4 Å². The molecular weight excluding hydrogens is 576 g/mol. The van der Waals surface area contributed by atoms with Gasteiger partial charge in [0.05, 0.1) is 31.2 Å². The highest BCUT2D eigenvalue weighted by Gasteiger charge is 2.29. The standard InChI is InChI=1S/C25H35F2N11O3.ClH/c1-35(22(40)16-3-2-4-29-13-16)15-18(39)36-5-7-37(8-6-36)24-32-21(17-14-30-23(28)31-19(17)20(26)27)33-25(34-24)38-9-11-41-12-10-38;/h14,16,20,29H,2-13,15H2,1H3,(H2,28,30,31);1H. The highest BCUT2D eigenvalue weighted by atomic mass is 35.5. The smallest absolute Gasteiger partial charge is 0.281 e. The molecule has 3 saturated heterocycles. The first-order valence-corrected chi connectivity index (χ1v) is 13.8. The van der Waals surface area contributed by atoms with E-state index in [1.165, 1.54) is 11.1 Å². The monoisotopic (exact) mass is 611 g/mol. The highest BCUT2D eigenvalue weighted by Crippen LogP contribution is 2.30. The van der Waals surface area contributed by atoms with Crippen LogP contribution in [0.3, 0.4) is 0 Å². The van der Waals surface area contributed by atoms with Gasteiger partial charge in [-0.3, -0.25) is 9.59 Å². The number of hydrogen-bond donors (Lipinski definition) is 2. The van der Waals surface area contributed by atoms with Gasteiger partial charge in [-0.05, 0) is 19.4 Å². The topological polar surface area (TPSA) is 159 Å². The molecule has 2 amide bonds. The summed E-state index contributed by atoms with van der Waals surface area (Å²) in [4.78, 5) is 54.1. The number of morpholine rings is 1. The van der Waals surface area contributed by atoms with Gasteiger partial charge in [-0.2, -0.15) is 15.0 Å². The Balaban J connectivity index is 0.00000405. The molecule has 2 aromatic heterocycles. The predicted octanol–water partition coefficient (Wildman–Crippen LogP) is 0.213. The van der Waals surface area contributed by atoms with E-state index in [1.807, 2.05) is 9.80 Å². The summed E-state index contributed by atoms with van der Waals surface area (Å²) >= 11 is 0. The number of halogens is 3. The molecule has 3 fully saturated rings. The molecule has 230 valence electrons. The molecule has 2 aromatic rings. The van der Waals surface area contributed by atoms with Crippen LogP contribution in [0.1, 0.15) is 25.0 Å². The van der Waals surface area contributed by atoms with E-state index in [0.717, 1.165) is 19.4 Å². The maximum Gasteiger partial charge on any atom is 0.281 e. The van der Waals surface area contributed by atoms with Crippen LogP contribution in [-0.2, 0) is 14.3 Å². The Hall–Kier alpha value is -3.50. The van der Waals surface area contributed by atoms with Gasteiger partial charge < -0.3 is 35.4 Å². The Morgan fingerprint density at radius 2 is 1.74 bits per heavy atom. The minimum absolute atomic E-state index is 0. The van der Waals surface area contributed by atoms with Gasteiger partial charge in [-0.15, -0.1) is 12.4 Å². The fraction of sp³-hybridized carbons (Fsp3) is 0.640. The zero-order valence-corrected chi connectivity index (χ0v) is 24.2. The zero-order valence-electron chi connectivity index (χ0n) is 23.4. The Morgan fingerprint density at radius 1 is 1.07 bits per heavy atom. The van der Waals surface area contributed by atoms with Crippen molar-refractivity contribution in [3.63, 3.8) is 0 Å². The number of alkyl halides is 2. The second-order valence-electron chi connectivity index (χ2n) is 10.3. The second kappa shape index (κ2) is 14.1. The molecule has 0 aromatic carbocycles. The van der Waals surface area contributed by atoms with Crippen LogP contribution in [-0.4, -0.2) is 126 Å². The number of ether oxygens (including phenoxy) is 1. The van der Waals surface area contributed by atoms with Crippen LogP contribution in [0.4, 0.5) is 26.6 Å². The van der Waals surface area contributed by atoms with Crippen molar-refractivity contribution in [3.05, 3.63) is 11.9 Å². The minimum atomic E-state index is -2.91. The molecule has 14 nitrogen and oxygen atoms in total. The fourth-order valence-corrected chi connectivity index (χ4v) is 5.18. The van der Waals surface area contributed by atoms with Crippen molar-refractivity contribution < 1.29 is 23.1 Å². The number of likely N-dealkylation sites (N-methyl/N-ethyl adjacent to an activating group) is 1. The van der Waals surface area contributed by atoms with E-state index in [-0.39, 0.29) is 54.0 Å². The summed E-state index contributed by atoms with van der Waals surface area (Å²) in [6.07, 6.45) is 0.0616. The largest absolute Gasteiger partial charge is 0.378 e. The Morgan fingerprint density at radius 3 is 2.36 bits per heavy atom. The molecule has 0 radical (unpaired) electrons. The first-order valence-electron chi connectivity index (χ1n) is 13.8. The molecule has 0 spiro atoms. The number of carbonyl (C=O) groups excluding carboxylic acids is 2. The number of hydrogen-bond acceptors (Lipinski definition) is 12. The van der Waals surface area contributed by atoms with Gasteiger partial charge in [0.2, 0.25) is 29.7 Å². The number of carbonyl (C=O) groups is 2. The lowest BCUT2D eigenvalue weighted by Gasteiger charge is -2.36. The number of nitrogens with zero attached hydrogens (tertiary/aromatic N) is 9. The van der Waals surface area contributed by atoms with E-state index in [1.54, 1.807) is 11.9 Å². The lowest BCUT2D eigenvalue weighted by molar-refractivity contribution is -0.142. The van der Waals surface area contributed by atoms with Gasteiger partial charge in [-0.1, -0.05) is 0 Å². The molecule has 5 heterocycles. The van der Waals surface area contributed by atoms with Gasteiger partial charge in [0, 0.05) is 59.1 Å². The molecule has 17 heteroatoms. The number of nitrogens with one attached hydrogen (secondary N) is 1. The molecule has 3 aliphatic rings. The van der Waals surface area contributed by atoms with Crippen LogP contribution in [0.5, 0.6) is 0 Å². The third-order valence-corrected chi connectivity index (χ3v) is 7.50. The van der Waals surface area contributed by atoms with Gasteiger partial charge in [0.1, 0.15) is 5.69 Å². The van der Waals surface area contributed by atoms with Gasteiger partial charge in [-0.25, -0.2) is 18.7 Å². The molecule has 42 heavy (non-hydrogen) atoms. The molecule has 0 saturated carbocycles. The first-order chi connectivity index (χ1) is 19.8. The third-order valence-electron chi connectivity index (χ3n) is 7.50.